The number of urea groups is 1. The number of benzene rings is 2. The third-order valence-electron chi connectivity index (χ3n) is 7.91. The van der Waals surface area contributed by atoms with Crippen molar-refractivity contribution in [1.29, 1.82) is 0 Å². The molecule has 40 heavy (non-hydrogen) atoms. The molecule has 0 spiro atoms. The van der Waals surface area contributed by atoms with E-state index in [0.717, 1.165) is 43.1 Å². The highest BCUT2D eigenvalue weighted by Gasteiger charge is 2.40. The Kier molecular flexibility index (Phi) is 7.08. The Morgan fingerprint density at radius 1 is 1.00 bits per heavy atom. The smallest absolute Gasteiger partial charge is 0.330 e. The van der Waals surface area contributed by atoms with E-state index in [1.165, 1.54) is 11.8 Å². The molecule has 3 aliphatic rings. The minimum Gasteiger partial charge on any atom is -0.369 e. The number of anilines is 5. The molecule has 0 aliphatic carbocycles. The quantitative estimate of drug-likeness (QED) is 0.479. The molecule has 2 saturated heterocycles. The average Bonchev–Trinajstić information content (AvgIpc) is 3.47. The van der Waals surface area contributed by atoms with Gasteiger partial charge in [-0.25, -0.2) is 9.78 Å². The van der Waals surface area contributed by atoms with E-state index in [4.69, 9.17) is 4.98 Å². The molecule has 206 valence electrons. The second kappa shape index (κ2) is 11.0. The molecule has 10 nitrogen and oxygen atoms in total. The summed E-state index contributed by atoms with van der Waals surface area (Å²) in [6, 6.07) is 17.5. The van der Waals surface area contributed by atoms with Gasteiger partial charge in [0.15, 0.2) is 0 Å². The Morgan fingerprint density at radius 2 is 1.75 bits per heavy atom. The molecule has 0 unspecified atom stereocenters. The van der Waals surface area contributed by atoms with Crippen LogP contribution >= 0.6 is 0 Å². The third kappa shape index (κ3) is 5.10. The van der Waals surface area contributed by atoms with Gasteiger partial charge in [-0.3, -0.25) is 14.6 Å². The lowest BCUT2D eigenvalue weighted by molar-refractivity contribution is -0.125. The van der Waals surface area contributed by atoms with Crippen molar-refractivity contribution in [3.63, 3.8) is 0 Å². The molecule has 4 heterocycles. The van der Waals surface area contributed by atoms with Crippen LogP contribution in [0.4, 0.5) is 33.6 Å². The number of fused-ring (bicyclic) bond motifs is 1. The van der Waals surface area contributed by atoms with Crippen LogP contribution in [-0.4, -0.2) is 84.1 Å². The summed E-state index contributed by atoms with van der Waals surface area (Å²) in [7, 11) is 2.15. The first-order chi connectivity index (χ1) is 19.5. The SMILES string of the molecule is C=CC(=O)N1CC[C@H](N2C(=O)N(c3ccccc3)Cc3cnc(Nc4ccc(N5CCN(C)CC5)cc4)nc32)C1. The van der Waals surface area contributed by atoms with E-state index in [1.807, 2.05) is 42.5 Å². The van der Waals surface area contributed by atoms with Crippen molar-refractivity contribution >= 4 is 40.8 Å². The van der Waals surface area contributed by atoms with Crippen molar-refractivity contribution in [2.45, 2.75) is 19.0 Å². The molecule has 0 bridgehead atoms. The summed E-state index contributed by atoms with van der Waals surface area (Å²) in [5.41, 5.74) is 3.74. The largest absolute Gasteiger partial charge is 0.369 e. The molecule has 6 rings (SSSR count). The Hall–Kier alpha value is -4.44. The number of likely N-dealkylation sites (tertiary alicyclic amines) is 1. The first-order valence-electron chi connectivity index (χ1n) is 13.7. The molecule has 2 fully saturated rings. The lowest BCUT2D eigenvalue weighted by atomic mass is 10.1. The molecule has 1 atom stereocenters. The molecule has 1 N–H and O–H groups in total. The number of hydrogen-bond donors (Lipinski definition) is 1. The summed E-state index contributed by atoms with van der Waals surface area (Å²) in [5, 5.41) is 3.32. The van der Waals surface area contributed by atoms with Crippen LogP contribution in [0.1, 0.15) is 12.0 Å². The second-order valence-electron chi connectivity index (χ2n) is 10.5. The summed E-state index contributed by atoms with van der Waals surface area (Å²) < 4.78 is 0. The molecule has 2 aromatic carbocycles. The van der Waals surface area contributed by atoms with Crippen molar-refractivity contribution in [3.8, 4) is 0 Å². The third-order valence-corrected chi connectivity index (χ3v) is 7.91. The van der Waals surface area contributed by atoms with Gasteiger partial charge in [-0.05, 0) is 55.9 Å². The molecule has 3 aliphatic heterocycles. The van der Waals surface area contributed by atoms with Crippen molar-refractivity contribution in [3.05, 3.63) is 79.0 Å². The van der Waals surface area contributed by atoms with Crippen LogP contribution in [0.2, 0.25) is 0 Å². The Balaban J connectivity index is 1.26. The van der Waals surface area contributed by atoms with Gasteiger partial charge in [0.1, 0.15) is 5.82 Å². The van der Waals surface area contributed by atoms with E-state index in [0.29, 0.717) is 37.8 Å². The van der Waals surface area contributed by atoms with Crippen molar-refractivity contribution in [1.82, 2.24) is 19.8 Å². The fourth-order valence-electron chi connectivity index (χ4n) is 5.61. The number of piperazine rings is 1. The second-order valence-corrected chi connectivity index (χ2v) is 10.5. The molecular formula is C30H34N8O2. The Bertz CT molecular complexity index is 1390. The van der Waals surface area contributed by atoms with Gasteiger partial charge >= 0.3 is 6.03 Å². The van der Waals surface area contributed by atoms with Crippen molar-refractivity contribution in [2.75, 3.05) is 66.3 Å². The average molecular weight is 539 g/mol. The van der Waals surface area contributed by atoms with Gasteiger partial charge in [0, 0.05) is 68.1 Å². The van der Waals surface area contributed by atoms with Gasteiger partial charge in [0.2, 0.25) is 11.9 Å². The van der Waals surface area contributed by atoms with E-state index in [1.54, 1.807) is 20.9 Å². The lowest BCUT2D eigenvalue weighted by Gasteiger charge is -2.39. The lowest BCUT2D eigenvalue weighted by Crippen LogP contribution is -2.53. The highest BCUT2D eigenvalue weighted by molar-refractivity contribution is 6.06. The first kappa shape index (κ1) is 25.8. The van der Waals surface area contributed by atoms with Crippen LogP contribution in [0, 0.1) is 0 Å². The zero-order valence-electron chi connectivity index (χ0n) is 22.7. The monoisotopic (exact) mass is 538 g/mol. The number of hydrogen-bond acceptors (Lipinski definition) is 7. The zero-order chi connectivity index (χ0) is 27.6. The number of likely N-dealkylation sites (N-methyl/N-ethyl adjacent to an activating group) is 1. The molecular weight excluding hydrogens is 504 g/mol. The van der Waals surface area contributed by atoms with Crippen LogP contribution in [0.5, 0.6) is 0 Å². The highest BCUT2D eigenvalue weighted by Crippen LogP contribution is 2.34. The van der Waals surface area contributed by atoms with E-state index in [9.17, 15) is 9.59 Å². The van der Waals surface area contributed by atoms with Gasteiger partial charge in [0.25, 0.3) is 0 Å². The van der Waals surface area contributed by atoms with Crippen LogP contribution in [0.3, 0.4) is 0 Å². The summed E-state index contributed by atoms with van der Waals surface area (Å²) in [6.45, 7) is 9.12. The number of carbonyl (C=O) groups excluding carboxylic acids is 2. The fraction of sp³-hybridized carbons (Fsp3) is 0.333. The van der Waals surface area contributed by atoms with E-state index in [-0.39, 0.29) is 18.0 Å². The number of rotatable bonds is 6. The van der Waals surface area contributed by atoms with Gasteiger partial charge in [-0.2, -0.15) is 4.98 Å². The summed E-state index contributed by atoms with van der Waals surface area (Å²) in [5.74, 6) is 0.882. The van der Waals surface area contributed by atoms with Gasteiger partial charge in [-0.15, -0.1) is 0 Å². The topological polar surface area (TPSA) is 88.1 Å². The number of aromatic nitrogens is 2. The number of amides is 3. The molecule has 3 amide bonds. The van der Waals surface area contributed by atoms with Gasteiger partial charge in [0.05, 0.1) is 12.6 Å². The van der Waals surface area contributed by atoms with Crippen LogP contribution < -0.4 is 20.0 Å². The molecule has 0 saturated carbocycles. The molecule has 3 aromatic rings. The first-order valence-corrected chi connectivity index (χ1v) is 13.7. The summed E-state index contributed by atoms with van der Waals surface area (Å²) >= 11 is 0. The fourth-order valence-corrected chi connectivity index (χ4v) is 5.61. The van der Waals surface area contributed by atoms with E-state index < -0.39 is 0 Å². The Morgan fingerprint density at radius 3 is 2.48 bits per heavy atom. The predicted molar refractivity (Wildman–Crippen MR) is 157 cm³/mol. The van der Waals surface area contributed by atoms with Crippen LogP contribution in [0.15, 0.2) is 73.4 Å². The molecule has 10 heteroatoms. The van der Waals surface area contributed by atoms with E-state index in [2.05, 4.69) is 45.9 Å². The number of carbonyl (C=O) groups is 2. The molecule has 1 aromatic heterocycles. The number of para-hydroxylation sites is 1. The Labute approximate surface area is 234 Å². The summed E-state index contributed by atoms with van der Waals surface area (Å²) in [6.07, 6.45) is 3.78. The maximum atomic E-state index is 13.9. The van der Waals surface area contributed by atoms with Gasteiger partial charge < -0.3 is 20.0 Å². The van der Waals surface area contributed by atoms with Gasteiger partial charge in [-0.1, -0.05) is 24.8 Å². The van der Waals surface area contributed by atoms with Crippen LogP contribution in [0.25, 0.3) is 0 Å². The normalized spacial score (nSPS) is 19.5. The predicted octanol–water partition coefficient (Wildman–Crippen LogP) is 3.71. The minimum absolute atomic E-state index is 0.128. The van der Waals surface area contributed by atoms with Crippen molar-refractivity contribution < 1.29 is 9.59 Å². The standard InChI is InChI=1S/C30H34N8O2/c1-3-27(39)36-14-13-26(21-36)38-28-22(20-37(30(38)40)25-7-5-4-6-8-25)19-31-29(33-28)32-23-9-11-24(12-10-23)35-17-15-34(2)16-18-35/h3-12,19,26H,1,13-18,20-21H2,2H3,(H,31,32,33)/t26-/m0/s1. The summed E-state index contributed by atoms with van der Waals surface area (Å²) in [4.78, 5) is 45.6. The number of nitrogens with zero attached hydrogens (tertiary/aromatic N) is 7. The zero-order valence-corrected chi connectivity index (χ0v) is 22.7. The van der Waals surface area contributed by atoms with Crippen molar-refractivity contribution in [2.24, 2.45) is 0 Å². The molecule has 0 radical (unpaired) electrons. The number of nitrogens with one attached hydrogen (secondary N) is 1. The van der Waals surface area contributed by atoms with E-state index >= 15 is 0 Å². The maximum absolute atomic E-state index is 13.9. The highest BCUT2D eigenvalue weighted by atomic mass is 16.2. The minimum atomic E-state index is -0.202. The maximum Gasteiger partial charge on any atom is 0.330 e. The van der Waals surface area contributed by atoms with Crippen LogP contribution in [-0.2, 0) is 11.3 Å².